The quantitative estimate of drug-likeness (QED) is 0.254. The number of benzene rings is 1. The van der Waals surface area contributed by atoms with Crippen molar-refractivity contribution in [2.45, 2.75) is 26.5 Å². The molecule has 1 aromatic rings. The Hall–Kier alpha value is -0.770. The van der Waals surface area contributed by atoms with Gasteiger partial charge in [0, 0.05) is 26.7 Å². The van der Waals surface area contributed by atoms with Crippen LogP contribution in [0, 0.1) is 0 Å². The highest BCUT2D eigenvalue weighted by Gasteiger charge is 2.08. The van der Waals surface area contributed by atoms with E-state index in [0.29, 0.717) is 6.54 Å². The molecule has 0 bridgehead atoms. The Morgan fingerprint density at radius 1 is 1.33 bits per heavy atom. The van der Waals surface area contributed by atoms with Gasteiger partial charge in [0.05, 0.1) is 0 Å². The summed E-state index contributed by atoms with van der Waals surface area (Å²) in [7, 11) is 1.96. The first kappa shape index (κ1) is 23.2. The SMILES string of the molecule is CCNC(=NCCCSC)N(C)Cc1ccc(OC(F)F)cc1.I. The molecule has 4 nitrogen and oxygen atoms in total. The summed E-state index contributed by atoms with van der Waals surface area (Å²) < 4.78 is 28.6. The van der Waals surface area contributed by atoms with Crippen molar-refractivity contribution in [2.75, 3.05) is 32.1 Å². The van der Waals surface area contributed by atoms with E-state index in [1.807, 2.05) is 30.6 Å². The molecule has 1 aromatic carbocycles. The minimum Gasteiger partial charge on any atom is -0.435 e. The molecule has 0 aliphatic carbocycles. The smallest absolute Gasteiger partial charge is 0.387 e. The second-order valence-electron chi connectivity index (χ2n) is 4.96. The number of ether oxygens (including phenoxy) is 1. The Kier molecular flexibility index (Phi) is 13.1. The summed E-state index contributed by atoms with van der Waals surface area (Å²) in [5, 5.41) is 3.26. The van der Waals surface area contributed by atoms with Gasteiger partial charge < -0.3 is 15.0 Å². The number of rotatable bonds is 9. The van der Waals surface area contributed by atoms with Gasteiger partial charge in [-0.25, -0.2) is 0 Å². The van der Waals surface area contributed by atoms with E-state index in [0.717, 1.165) is 36.8 Å². The van der Waals surface area contributed by atoms with Gasteiger partial charge in [-0.05, 0) is 43.0 Å². The minimum absolute atomic E-state index is 0. The fraction of sp³-hybridized carbons (Fsp3) is 0.562. The van der Waals surface area contributed by atoms with Crippen molar-refractivity contribution in [1.82, 2.24) is 10.2 Å². The van der Waals surface area contributed by atoms with Crippen LogP contribution in [0.15, 0.2) is 29.3 Å². The molecule has 0 saturated carbocycles. The molecule has 0 amide bonds. The zero-order valence-corrected chi connectivity index (χ0v) is 17.4. The molecule has 1 N–H and O–H groups in total. The molecule has 1 rings (SSSR count). The Labute approximate surface area is 164 Å². The van der Waals surface area contributed by atoms with Crippen LogP contribution >= 0.6 is 35.7 Å². The lowest BCUT2D eigenvalue weighted by atomic mass is 10.2. The van der Waals surface area contributed by atoms with Crippen LogP contribution in [0.1, 0.15) is 18.9 Å². The van der Waals surface area contributed by atoms with E-state index in [1.165, 1.54) is 0 Å². The first-order valence-electron chi connectivity index (χ1n) is 7.59. The van der Waals surface area contributed by atoms with E-state index in [2.05, 4.69) is 21.3 Å². The normalized spacial score (nSPS) is 11.2. The lowest BCUT2D eigenvalue weighted by Gasteiger charge is -2.22. The van der Waals surface area contributed by atoms with E-state index >= 15 is 0 Å². The first-order chi connectivity index (χ1) is 11.1. The third kappa shape index (κ3) is 9.51. The van der Waals surface area contributed by atoms with Crippen LogP contribution in [0.4, 0.5) is 8.78 Å². The van der Waals surface area contributed by atoms with Crippen LogP contribution in [0.5, 0.6) is 5.75 Å². The van der Waals surface area contributed by atoms with Crippen molar-refractivity contribution >= 4 is 41.7 Å². The highest BCUT2D eigenvalue weighted by Crippen LogP contribution is 2.15. The molecule has 24 heavy (non-hydrogen) atoms. The molecular formula is C16H26F2IN3OS. The van der Waals surface area contributed by atoms with Gasteiger partial charge in [-0.3, -0.25) is 4.99 Å². The monoisotopic (exact) mass is 473 g/mol. The maximum absolute atomic E-state index is 12.1. The van der Waals surface area contributed by atoms with Crippen molar-refractivity contribution in [3.05, 3.63) is 29.8 Å². The van der Waals surface area contributed by atoms with Crippen molar-refractivity contribution in [1.29, 1.82) is 0 Å². The Morgan fingerprint density at radius 2 is 2.00 bits per heavy atom. The van der Waals surface area contributed by atoms with Crippen molar-refractivity contribution < 1.29 is 13.5 Å². The summed E-state index contributed by atoms with van der Waals surface area (Å²) in [4.78, 5) is 6.62. The average Bonchev–Trinajstić information content (AvgIpc) is 2.51. The predicted octanol–water partition coefficient (Wildman–Crippen LogP) is 4.06. The van der Waals surface area contributed by atoms with Gasteiger partial charge >= 0.3 is 6.61 Å². The van der Waals surface area contributed by atoms with Gasteiger partial charge in [0.25, 0.3) is 0 Å². The van der Waals surface area contributed by atoms with Crippen molar-refractivity contribution in [3.63, 3.8) is 0 Å². The van der Waals surface area contributed by atoms with Crippen molar-refractivity contribution in [3.8, 4) is 5.75 Å². The van der Waals surface area contributed by atoms with Gasteiger partial charge in [0.1, 0.15) is 5.75 Å². The zero-order chi connectivity index (χ0) is 17.1. The molecule has 0 spiro atoms. The van der Waals surface area contributed by atoms with Gasteiger partial charge in [-0.2, -0.15) is 20.5 Å². The summed E-state index contributed by atoms with van der Waals surface area (Å²) in [6.07, 6.45) is 3.13. The number of nitrogens with one attached hydrogen (secondary N) is 1. The second kappa shape index (κ2) is 13.5. The van der Waals surface area contributed by atoms with Crippen LogP contribution in [0.2, 0.25) is 0 Å². The third-order valence-corrected chi connectivity index (χ3v) is 3.73. The number of nitrogens with zero attached hydrogens (tertiary/aromatic N) is 2. The lowest BCUT2D eigenvalue weighted by Crippen LogP contribution is -2.38. The summed E-state index contributed by atoms with van der Waals surface area (Å²) in [5.74, 6) is 2.11. The number of halogens is 3. The maximum atomic E-state index is 12.1. The summed E-state index contributed by atoms with van der Waals surface area (Å²) in [6, 6.07) is 6.67. The predicted molar refractivity (Wildman–Crippen MR) is 109 cm³/mol. The molecule has 0 radical (unpaired) electrons. The average molecular weight is 473 g/mol. The Bertz CT molecular complexity index is 475. The Balaban J connectivity index is 0.00000529. The molecule has 0 aliphatic heterocycles. The topological polar surface area (TPSA) is 36.9 Å². The van der Waals surface area contributed by atoms with Crippen LogP contribution in [-0.2, 0) is 6.54 Å². The number of thioether (sulfide) groups is 1. The first-order valence-corrected chi connectivity index (χ1v) is 8.98. The van der Waals surface area contributed by atoms with Crippen LogP contribution in [-0.4, -0.2) is 49.6 Å². The van der Waals surface area contributed by atoms with Gasteiger partial charge in [0.2, 0.25) is 0 Å². The summed E-state index contributed by atoms with van der Waals surface area (Å²) in [6.45, 7) is 1.46. The fourth-order valence-electron chi connectivity index (χ4n) is 1.99. The standard InChI is InChI=1S/C16H25F2N3OS.HI/c1-4-19-16(20-10-5-11-23-3)21(2)12-13-6-8-14(9-7-13)22-15(17)18;/h6-9,15H,4-5,10-12H2,1-3H3,(H,19,20);1H. The molecule has 0 aliphatic rings. The highest BCUT2D eigenvalue weighted by atomic mass is 127. The maximum Gasteiger partial charge on any atom is 0.387 e. The second-order valence-corrected chi connectivity index (χ2v) is 5.95. The van der Waals surface area contributed by atoms with E-state index in [1.54, 1.807) is 24.3 Å². The molecule has 8 heteroatoms. The molecule has 0 aromatic heterocycles. The number of guanidine groups is 1. The molecular weight excluding hydrogens is 447 g/mol. The molecule has 0 atom stereocenters. The van der Waals surface area contributed by atoms with Gasteiger partial charge in [-0.15, -0.1) is 24.0 Å². The lowest BCUT2D eigenvalue weighted by molar-refractivity contribution is -0.0498. The highest BCUT2D eigenvalue weighted by molar-refractivity contribution is 14.0. The zero-order valence-electron chi connectivity index (χ0n) is 14.3. The van der Waals surface area contributed by atoms with E-state index in [-0.39, 0.29) is 29.7 Å². The molecule has 0 unspecified atom stereocenters. The fourth-order valence-corrected chi connectivity index (χ4v) is 2.41. The molecule has 0 heterocycles. The molecule has 0 fully saturated rings. The number of hydrogen-bond acceptors (Lipinski definition) is 3. The summed E-state index contributed by atoms with van der Waals surface area (Å²) >= 11 is 1.81. The van der Waals surface area contributed by atoms with Gasteiger partial charge in [0.15, 0.2) is 5.96 Å². The van der Waals surface area contributed by atoms with Crippen LogP contribution < -0.4 is 10.1 Å². The summed E-state index contributed by atoms with van der Waals surface area (Å²) in [5.41, 5.74) is 1.00. The largest absolute Gasteiger partial charge is 0.435 e. The van der Waals surface area contributed by atoms with E-state index in [9.17, 15) is 8.78 Å². The Morgan fingerprint density at radius 3 is 2.54 bits per heavy atom. The molecule has 0 saturated heterocycles. The van der Waals surface area contributed by atoms with Crippen molar-refractivity contribution in [2.24, 2.45) is 4.99 Å². The number of hydrogen-bond donors (Lipinski definition) is 1. The minimum atomic E-state index is -2.79. The number of alkyl halides is 2. The molecule has 138 valence electrons. The van der Waals surface area contributed by atoms with E-state index < -0.39 is 6.61 Å². The van der Waals surface area contributed by atoms with E-state index in [4.69, 9.17) is 0 Å². The third-order valence-electron chi connectivity index (χ3n) is 3.03. The van der Waals surface area contributed by atoms with Gasteiger partial charge in [-0.1, -0.05) is 12.1 Å². The van der Waals surface area contributed by atoms with Crippen LogP contribution in [0.3, 0.4) is 0 Å². The van der Waals surface area contributed by atoms with Crippen LogP contribution in [0.25, 0.3) is 0 Å². The number of aliphatic imine (C=N–C) groups is 1.